The van der Waals surface area contributed by atoms with Gasteiger partial charge in [0.15, 0.2) is 0 Å². The third-order valence-corrected chi connectivity index (χ3v) is 5.21. The molecule has 122 valence electrons. The van der Waals surface area contributed by atoms with Crippen LogP contribution < -0.4 is 4.72 Å². The predicted molar refractivity (Wildman–Crippen MR) is 91.8 cm³/mol. The molecule has 0 aliphatic carbocycles. The van der Waals surface area contributed by atoms with Gasteiger partial charge in [0.1, 0.15) is 0 Å². The molecule has 0 bridgehead atoms. The quantitative estimate of drug-likeness (QED) is 0.767. The number of hydrogen-bond donors (Lipinski definition) is 2. The van der Waals surface area contributed by atoms with Gasteiger partial charge in [-0.15, -0.1) is 6.58 Å². The van der Waals surface area contributed by atoms with Crippen molar-refractivity contribution in [1.82, 2.24) is 4.72 Å². The molecule has 0 unspecified atom stereocenters. The Morgan fingerprint density at radius 3 is 2.26 bits per heavy atom. The van der Waals surface area contributed by atoms with Gasteiger partial charge in [0.25, 0.3) is 0 Å². The van der Waals surface area contributed by atoms with E-state index in [0.29, 0.717) is 0 Å². The number of aliphatic hydroxyl groups is 1. The van der Waals surface area contributed by atoms with Crippen molar-refractivity contribution in [2.75, 3.05) is 6.61 Å². The number of aliphatic hydroxyl groups excluding tert-OH is 1. The summed E-state index contributed by atoms with van der Waals surface area (Å²) in [6, 6.07) is 15.3. The highest BCUT2D eigenvalue weighted by Gasteiger charge is 2.25. The van der Waals surface area contributed by atoms with Crippen LogP contribution in [0.5, 0.6) is 0 Å². The number of sulfonamides is 1. The molecule has 0 aliphatic heterocycles. The van der Waals surface area contributed by atoms with Crippen LogP contribution in [0.25, 0.3) is 0 Å². The first-order valence-electron chi connectivity index (χ1n) is 7.35. The highest BCUT2D eigenvalue weighted by molar-refractivity contribution is 7.89. The van der Waals surface area contributed by atoms with Crippen LogP contribution >= 0.6 is 0 Å². The third kappa shape index (κ3) is 4.28. The molecule has 0 heterocycles. The lowest BCUT2D eigenvalue weighted by Gasteiger charge is -2.24. The molecule has 2 rings (SSSR count). The second kappa shape index (κ2) is 7.55. The topological polar surface area (TPSA) is 66.4 Å². The first kappa shape index (κ1) is 17.4. The average Bonchev–Trinajstić information content (AvgIpc) is 2.56. The lowest BCUT2D eigenvalue weighted by Crippen LogP contribution is -2.39. The molecule has 0 aliphatic rings. The van der Waals surface area contributed by atoms with Crippen molar-refractivity contribution < 1.29 is 13.5 Å². The lowest BCUT2D eigenvalue weighted by atomic mass is 9.93. The molecule has 23 heavy (non-hydrogen) atoms. The van der Waals surface area contributed by atoms with Gasteiger partial charge in [-0.3, -0.25) is 0 Å². The van der Waals surface area contributed by atoms with Crippen molar-refractivity contribution in [3.05, 3.63) is 78.4 Å². The second-order valence-electron chi connectivity index (χ2n) is 5.40. The highest BCUT2D eigenvalue weighted by atomic mass is 32.2. The number of aryl methyl sites for hydroxylation is 1. The van der Waals surface area contributed by atoms with Crippen LogP contribution in [-0.2, 0) is 10.0 Å². The highest BCUT2D eigenvalue weighted by Crippen LogP contribution is 2.22. The molecule has 0 saturated carbocycles. The summed E-state index contributed by atoms with van der Waals surface area (Å²) in [5.41, 5.74) is 1.84. The molecular weight excluding hydrogens is 310 g/mol. The molecule has 0 amide bonds. The Bertz CT molecular complexity index is 740. The molecule has 0 aromatic heterocycles. The van der Waals surface area contributed by atoms with E-state index in [9.17, 15) is 13.5 Å². The van der Waals surface area contributed by atoms with E-state index >= 15 is 0 Å². The molecule has 0 radical (unpaired) electrons. The van der Waals surface area contributed by atoms with E-state index in [1.807, 2.05) is 37.3 Å². The number of hydrogen-bond acceptors (Lipinski definition) is 3. The van der Waals surface area contributed by atoms with E-state index in [0.717, 1.165) is 11.1 Å². The molecule has 5 heteroatoms. The largest absolute Gasteiger partial charge is 0.396 e. The Labute approximate surface area is 137 Å². The minimum absolute atomic E-state index is 0.183. The summed E-state index contributed by atoms with van der Waals surface area (Å²) in [5, 5.41) is 9.70. The van der Waals surface area contributed by atoms with Crippen LogP contribution in [0.4, 0.5) is 0 Å². The zero-order valence-corrected chi connectivity index (χ0v) is 13.8. The van der Waals surface area contributed by atoms with Crippen LogP contribution in [0.3, 0.4) is 0 Å². The van der Waals surface area contributed by atoms with Crippen molar-refractivity contribution in [1.29, 1.82) is 0 Å². The predicted octanol–water partition coefficient (Wildman–Crippen LogP) is 2.60. The van der Waals surface area contributed by atoms with Crippen molar-refractivity contribution in [3.63, 3.8) is 0 Å². The van der Waals surface area contributed by atoms with E-state index in [4.69, 9.17) is 0 Å². The van der Waals surface area contributed by atoms with Gasteiger partial charge >= 0.3 is 0 Å². The number of benzene rings is 2. The van der Waals surface area contributed by atoms with Crippen LogP contribution in [0.15, 0.2) is 72.1 Å². The summed E-state index contributed by atoms with van der Waals surface area (Å²) in [7, 11) is -3.68. The summed E-state index contributed by atoms with van der Waals surface area (Å²) in [5.74, 6) is -0.395. The van der Waals surface area contributed by atoms with Gasteiger partial charge < -0.3 is 5.11 Å². The molecule has 0 saturated heterocycles. The summed E-state index contributed by atoms with van der Waals surface area (Å²) in [6.07, 6.45) is 1.51. The van der Waals surface area contributed by atoms with Crippen LogP contribution in [0.2, 0.25) is 0 Å². The van der Waals surface area contributed by atoms with E-state index < -0.39 is 22.0 Å². The fraction of sp³-hybridized carbons (Fsp3) is 0.222. The summed E-state index contributed by atoms with van der Waals surface area (Å²) < 4.78 is 27.7. The normalized spacial score (nSPS) is 14.2. The fourth-order valence-corrected chi connectivity index (χ4v) is 3.63. The molecule has 0 spiro atoms. The smallest absolute Gasteiger partial charge is 0.241 e. The molecular formula is C18H21NO3S. The van der Waals surface area contributed by atoms with Crippen molar-refractivity contribution in [3.8, 4) is 0 Å². The maximum Gasteiger partial charge on any atom is 0.241 e. The molecule has 2 atom stereocenters. The van der Waals surface area contributed by atoms with Gasteiger partial charge in [-0.25, -0.2) is 13.1 Å². The summed E-state index contributed by atoms with van der Waals surface area (Å²) in [4.78, 5) is 0.194. The Morgan fingerprint density at radius 1 is 1.13 bits per heavy atom. The first-order valence-corrected chi connectivity index (χ1v) is 8.83. The maximum atomic E-state index is 12.5. The average molecular weight is 331 g/mol. The standard InChI is InChI=1S/C18H21NO3S/c1-3-18(17(13-20)15-7-5-4-6-8-15)19-23(21,22)16-11-9-14(2)10-12-16/h3-12,17-20H,1,13H2,2H3/t17-,18-/m0/s1. The van der Waals surface area contributed by atoms with Gasteiger partial charge in [0.05, 0.1) is 11.5 Å². The minimum Gasteiger partial charge on any atom is -0.396 e. The van der Waals surface area contributed by atoms with E-state index in [1.165, 1.54) is 6.08 Å². The first-order chi connectivity index (χ1) is 11.0. The van der Waals surface area contributed by atoms with E-state index in [-0.39, 0.29) is 11.5 Å². The molecule has 2 aromatic rings. The number of rotatable bonds is 7. The summed E-state index contributed by atoms with van der Waals surface area (Å²) in [6.45, 7) is 5.42. The Kier molecular flexibility index (Phi) is 5.71. The zero-order chi connectivity index (χ0) is 16.9. The van der Waals surface area contributed by atoms with Gasteiger partial charge in [-0.05, 0) is 24.6 Å². The number of nitrogens with one attached hydrogen (secondary N) is 1. The molecule has 2 aromatic carbocycles. The van der Waals surface area contributed by atoms with Gasteiger partial charge in [-0.1, -0.05) is 54.1 Å². The Morgan fingerprint density at radius 2 is 1.74 bits per heavy atom. The Balaban J connectivity index is 2.27. The summed E-state index contributed by atoms with van der Waals surface area (Å²) >= 11 is 0. The van der Waals surface area contributed by atoms with Crippen LogP contribution in [0, 0.1) is 6.92 Å². The van der Waals surface area contributed by atoms with Gasteiger partial charge in [0, 0.05) is 12.0 Å². The lowest BCUT2D eigenvalue weighted by molar-refractivity contribution is 0.253. The fourth-order valence-electron chi connectivity index (χ4n) is 2.39. The van der Waals surface area contributed by atoms with Crippen molar-refractivity contribution in [2.24, 2.45) is 0 Å². The zero-order valence-electron chi connectivity index (χ0n) is 13.0. The molecule has 4 nitrogen and oxygen atoms in total. The van der Waals surface area contributed by atoms with Crippen molar-refractivity contribution in [2.45, 2.75) is 23.8 Å². The molecule has 2 N–H and O–H groups in total. The molecule has 0 fully saturated rings. The third-order valence-electron chi connectivity index (χ3n) is 3.73. The van der Waals surface area contributed by atoms with E-state index in [2.05, 4.69) is 11.3 Å². The monoisotopic (exact) mass is 331 g/mol. The van der Waals surface area contributed by atoms with Crippen LogP contribution in [0.1, 0.15) is 17.0 Å². The van der Waals surface area contributed by atoms with E-state index in [1.54, 1.807) is 24.3 Å². The second-order valence-corrected chi connectivity index (χ2v) is 7.11. The maximum absolute atomic E-state index is 12.5. The minimum atomic E-state index is -3.68. The Hall–Kier alpha value is -1.95. The SMILES string of the molecule is C=C[C@H](NS(=O)(=O)c1ccc(C)cc1)[C@@H](CO)c1ccccc1. The van der Waals surface area contributed by atoms with Gasteiger partial charge in [0.2, 0.25) is 10.0 Å². The van der Waals surface area contributed by atoms with Gasteiger partial charge in [-0.2, -0.15) is 0 Å². The van der Waals surface area contributed by atoms with Crippen LogP contribution in [-0.4, -0.2) is 26.2 Å². The van der Waals surface area contributed by atoms with Crippen molar-refractivity contribution >= 4 is 10.0 Å².